The summed E-state index contributed by atoms with van der Waals surface area (Å²) >= 11 is 5.56. The minimum Gasteiger partial charge on any atom is -0.480 e. The molecule has 0 aliphatic carbocycles. The van der Waals surface area contributed by atoms with Crippen LogP contribution in [0.3, 0.4) is 0 Å². The van der Waals surface area contributed by atoms with E-state index < -0.39 is 33.4 Å². The first-order chi connectivity index (χ1) is 7.84. The average molecular weight is 373 g/mol. The van der Waals surface area contributed by atoms with Gasteiger partial charge in [0.15, 0.2) is 0 Å². The maximum atomic E-state index is 11.4. The van der Waals surface area contributed by atoms with Gasteiger partial charge < -0.3 is 9.94 Å². The summed E-state index contributed by atoms with van der Waals surface area (Å²) in [4.78, 5) is 46.4. The molecule has 0 aromatic heterocycles. The molecule has 0 saturated carbocycles. The van der Waals surface area contributed by atoms with Gasteiger partial charge in [-0.2, -0.15) is 0 Å². The molecule has 2 atom stereocenters. The molecule has 7 nitrogen and oxygen atoms in total. The normalized spacial score (nSPS) is 19.1. The summed E-state index contributed by atoms with van der Waals surface area (Å²) < 4.78 is 0. The SMILES string of the molecule is O=C(O)C(Br)C(Br)C(=O)ON1C(=O)CCC1=O. The molecule has 0 spiro atoms. The van der Waals surface area contributed by atoms with Crippen LogP contribution >= 0.6 is 31.9 Å². The van der Waals surface area contributed by atoms with Gasteiger partial charge in [0.05, 0.1) is 0 Å². The Morgan fingerprint density at radius 1 is 1.18 bits per heavy atom. The molecule has 1 heterocycles. The van der Waals surface area contributed by atoms with E-state index in [-0.39, 0.29) is 12.8 Å². The van der Waals surface area contributed by atoms with Crippen LogP contribution in [-0.4, -0.2) is 43.6 Å². The lowest BCUT2D eigenvalue weighted by Gasteiger charge is -2.16. The van der Waals surface area contributed by atoms with Crippen LogP contribution in [0.15, 0.2) is 0 Å². The van der Waals surface area contributed by atoms with Gasteiger partial charge in [-0.25, -0.2) is 4.79 Å². The second kappa shape index (κ2) is 5.58. The second-order valence-electron chi connectivity index (χ2n) is 3.13. The lowest BCUT2D eigenvalue weighted by Crippen LogP contribution is -2.39. The summed E-state index contributed by atoms with van der Waals surface area (Å²) in [7, 11) is 0. The smallest absolute Gasteiger partial charge is 0.348 e. The number of halogens is 2. The van der Waals surface area contributed by atoms with Crippen LogP contribution < -0.4 is 0 Å². The van der Waals surface area contributed by atoms with Gasteiger partial charge in [-0.1, -0.05) is 31.9 Å². The van der Waals surface area contributed by atoms with Gasteiger partial charge in [-0.05, 0) is 0 Å². The number of carbonyl (C=O) groups excluding carboxylic acids is 3. The van der Waals surface area contributed by atoms with Crippen LogP contribution in [0, 0.1) is 0 Å². The second-order valence-corrected chi connectivity index (χ2v) is 5.11. The summed E-state index contributed by atoms with van der Waals surface area (Å²) in [5.41, 5.74) is 0. The first kappa shape index (κ1) is 14.1. The van der Waals surface area contributed by atoms with Gasteiger partial charge in [-0.15, -0.1) is 5.06 Å². The molecule has 0 aromatic carbocycles. The van der Waals surface area contributed by atoms with E-state index in [0.717, 1.165) is 0 Å². The fourth-order valence-corrected chi connectivity index (χ4v) is 1.57. The number of amides is 2. The van der Waals surface area contributed by atoms with Crippen LogP contribution in [0.2, 0.25) is 0 Å². The number of hydrogen-bond donors (Lipinski definition) is 1. The van der Waals surface area contributed by atoms with Crippen molar-refractivity contribution in [1.29, 1.82) is 0 Å². The number of hydroxylamine groups is 2. The minimum atomic E-state index is -1.28. The number of carbonyl (C=O) groups is 4. The topological polar surface area (TPSA) is 101 Å². The molecule has 17 heavy (non-hydrogen) atoms. The third kappa shape index (κ3) is 3.25. The lowest BCUT2D eigenvalue weighted by atomic mass is 10.3. The Morgan fingerprint density at radius 3 is 2.06 bits per heavy atom. The molecule has 0 bridgehead atoms. The summed E-state index contributed by atoms with van der Waals surface area (Å²) in [5, 5.41) is 8.99. The lowest BCUT2D eigenvalue weighted by molar-refractivity contribution is -0.197. The molecular weight excluding hydrogens is 366 g/mol. The van der Waals surface area contributed by atoms with E-state index in [1.54, 1.807) is 0 Å². The number of alkyl halides is 2. The zero-order valence-electron chi connectivity index (χ0n) is 8.26. The number of nitrogens with zero attached hydrogens (tertiary/aromatic N) is 1. The number of carboxylic acids is 1. The Labute approximate surface area is 112 Å². The van der Waals surface area contributed by atoms with E-state index in [4.69, 9.17) is 5.11 Å². The van der Waals surface area contributed by atoms with Gasteiger partial charge in [0.2, 0.25) is 0 Å². The van der Waals surface area contributed by atoms with Crippen LogP contribution in [0.4, 0.5) is 0 Å². The average Bonchev–Trinajstić information content (AvgIpc) is 2.58. The molecule has 2 amide bonds. The fraction of sp³-hybridized carbons (Fsp3) is 0.500. The van der Waals surface area contributed by atoms with Crippen molar-refractivity contribution in [2.45, 2.75) is 22.5 Å². The third-order valence-electron chi connectivity index (χ3n) is 1.91. The molecule has 1 saturated heterocycles. The van der Waals surface area contributed by atoms with Crippen LogP contribution in [-0.2, 0) is 24.0 Å². The van der Waals surface area contributed by atoms with E-state index >= 15 is 0 Å². The Balaban J connectivity index is 2.63. The Kier molecular flexibility index (Phi) is 4.63. The quantitative estimate of drug-likeness (QED) is 0.559. The zero-order valence-corrected chi connectivity index (χ0v) is 11.4. The predicted octanol–water partition coefficient (Wildman–Crippen LogP) is 0.205. The van der Waals surface area contributed by atoms with Crippen molar-refractivity contribution >= 4 is 55.6 Å². The van der Waals surface area contributed by atoms with Gasteiger partial charge in [0.1, 0.15) is 9.65 Å². The Morgan fingerprint density at radius 2 is 1.65 bits per heavy atom. The van der Waals surface area contributed by atoms with Gasteiger partial charge in [0.25, 0.3) is 11.8 Å². The number of rotatable bonds is 4. The molecule has 2 unspecified atom stereocenters. The van der Waals surface area contributed by atoms with Crippen molar-refractivity contribution in [2.75, 3.05) is 0 Å². The first-order valence-corrected chi connectivity index (χ1v) is 6.26. The largest absolute Gasteiger partial charge is 0.480 e. The van der Waals surface area contributed by atoms with Crippen molar-refractivity contribution in [3.05, 3.63) is 0 Å². The van der Waals surface area contributed by atoms with Crippen molar-refractivity contribution < 1.29 is 29.1 Å². The summed E-state index contributed by atoms with van der Waals surface area (Å²) in [5.74, 6) is -3.55. The van der Waals surface area contributed by atoms with E-state index in [9.17, 15) is 19.2 Å². The molecule has 94 valence electrons. The minimum absolute atomic E-state index is 0.0181. The number of aliphatic carboxylic acids is 1. The molecule has 1 N–H and O–H groups in total. The van der Waals surface area contributed by atoms with E-state index in [0.29, 0.717) is 5.06 Å². The standard InChI is InChI=1S/C8H7Br2NO6/c9-5(7(14)15)6(10)8(16)17-11-3(12)1-2-4(11)13/h5-6H,1-2H2,(H,14,15). The van der Waals surface area contributed by atoms with Crippen molar-refractivity contribution in [2.24, 2.45) is 0 Å². The Bertz CT molecular complexity index is 368. The summed E-state index contributed by atoms with van der Waals surface area (Å²) in [6, 6.07) is 0. The molecule has 0 radical (unpaired) electrons. The number of carboxylic acid groups (broad SMARTS) is 1. The molecule has 1 rings (SSSR count). The molecular formula is C8H7Br2NO6. The summed E-state index contributed by atoms with van der Waals surface area (Å²) in [6.07, 6.45) is -0.0362. The maximum absolute atomic E-state index is 11.4. The molecule has 0 aromatic rings. The molecule has 1 aliphatic heterocycles. The van der Waals surface area contributed by atoms with E-state index in [2.05, 4.69) is 36.7 Å². The molecule has 9 heteroatoms. The third-order valence-corrected chi connectivity index (χ3v) is 4.44. The molecule has 1 aliphatic rings. The number of hydrogen-bond acceptors (Lipinski definition) is 5. The number of imide groups is 1. The van der Waals surface area contributed by atoms with Crippen LogP contribution in [0.1, 0.15) is 12.8 Å². The van der Waals surface area contributed by atoms with E-state index in [1.165, 1.54) is 0 Å². The highest BCUT2D eigenvalue weighted by atomic mass is 79.9. The van der Waals surface area contributed by atoms with Crippen LogP contribution in [0.5, 0.6) is 0 Å². The van der Waals surface area contributed by atoms with Crippen molar-refractivity contribution in [3.63, 3.8) is 0 Å². The summed E-state index contributed by atoms with van der Waals surface area (Å²) in [6.45, 7) is 0. The monoisotopic (exact) mass is 371 g/mol. The van der Waals surface area contributed by atoms with Crippen LogP contribution in [0.25, 0.3) is 0 Å². The van der Waals surface area contributed by atoms with Crippen molar-refractivity contribution in [3.8, 4) is 0 Å². The highest BCUT2D eigenvalue weighted by molar-refractivity contribution is 9.12. The first-order valence-electron chi connectivity index (χ1n) is 4.43. The van der Waals surface area contributed by atoms with Crippen molar-refractivity contribution in [1.82, 2.24) is 5.06 Å². The zero-order chi connectivity index (χ0) is 13.2. The highest BCUT2D eigenvalue weighted by Gasteiger charge is 2.37. The highest BCUT2D eigenvalue weighted by Crippen LogP contribution is 2.19. The van der Waals surface area contributed by atoms with Gasteiger partial charge >= 0.3 is 11.9 Å². The molecule has 1 fully saturated rings. The fourth-order valence-electron chi connectivity index (χ4n) is 1.04. The van der Waals surface area contributed by atoms with Gasteiger partial charge in [-0.3, -0.25) is 14.4 Å². The maximum Gasteiger partial charge on any atom is 0.348 e. The predicted molar refractivity (Wildman–Crippen MR) is 60.2 cm³/mol. The van der Waals surface area contributed by atoms with Gasteiger partial charge in [0, 0.05) is 12.8 Å². The Hall–Kier alpha value is -0.960. The van der Waals surface area contributed by atoms with E-state index in [1.807, 2.05) is 0 Å².